The number of nitrogens with zero attached hydrogens (tertiary/aromatic N) is 2. The molecule has 0 fully saturated rings. The molecule has 0 atom stereocenters. The first-order valence-corrected chi connectivity index (χ1v) is 9.51. The molecule has 148 valence electrons. The zero-order valence-electron chi connectivity index (χ0n) is 15.8. The molecule has 2 aliphatic rings. The largest absolute Gasteiger partial charge is 0.454 e. The predicted octanol–water partition coefficient (Wildman–Crippen LogP) is 1.73. The van der Waals surface area contributed by atoms with Crippen LogP contribution in [0.5, 0.6) is 0 Å². The summed E-state index contributed by atoms with van der Waals surface area (Å²) < 4.78 is 5.08. The number of aryl methyl sites for hydroxylation is 1. The van der Waals surface area contributed by atoms with E-state index >= 15 is 0 Å². The second-order valence-electron chi connectivity index (χ2n) is 7.06. The van der Waals surface area contributed by atoms with E-state index in [0.717, 1.165) is 29.0 Å². The van der Waals surface area contributed by atoms with Crippen molar-refractivity contribution < 1.29 is 23.9 Å². The fourth-order valence-electron chi connectivity index (χ4n) is 3.75. The summed E-state index contributed by atoms with van der Waals surface area (Å²) in [6.07, 6.45) is 1.80. The predicted molar refractivity (Wildman–Crippen MR) is 104 cm³/mol. The molecule has 0 unspecified atom stereocenters. The minimum absolute atomic E-state index is 0.0543. The molecule has 2 aromatic rings. The molecule has 0 N–H and O–H groups in total. The Hall–Kier alpha value is -3.48. The Bertz CT molecular complexity index is 1000. The number of carbonyl (C=O) groups excluding carboxylic acids is 4. The van der Waals surface area contributed by atoms with E-state index in [1.54, 1.807) is 29.2 Å². The van der Waals surface area contributed by atoms with Gasteiger partial charge in [-0.3, -0.25) is 24.1 Å². The average molecular weight is 392 g/mol. The number of fused-ring (bicyclic) bond motifs is 2. The van der Waals surface area contributed by atoms with Gasteiger partial charge in [-0.2, -0.15) is 0 Å². The van der Waals surface area contributed by atoms with Gasteiger partial charge in [0.15, 0.2) is 6.61 Å². The highest BCUT2D eigenvalue weighted by Crippen LogP contribution is 2.26. The van der Waals surface area contributed by atoms with Crippen molar-refractivity contribution in [3.63, 3.8) is 0 Å². The first kappa shape index (κ1) is 18.9. The smallest absolute Gasteiger partial charge is 0.326 e. The van der Waals surface area contributed by atoms with Crippen molar-refractivity contribution in [2.45, 2.75) is 19.3 Å². The van der Waals surface area contributed by atoms with Crippen molar-refractivity contribution in [2.75, 3.05) is 24.6 Å². The summed E-state index contributed by atoms with van der Waals surface area (Å²) in [4.78, 5) is 52.0. The number of hydrogen-bond donors (Lipinski definition) is 0. The van der Waals surface area contributed by atoms with Crippen molar-refractivity contribution in [2.24, 2.45) is 0 Å². The lowest BCUT2D eigenvalue weighted by Gasteiger charge is -2.29. The lowest BCUT2D eigenvalue weighted by Crippen LogP contribution is -2.46. The van der Waals surface area contributed by atoms with Crippen LogP contribution in [0.3, 0.4) is 0 Å². The minimum atomic E-state index is -0.787. The van der Waals surface area contributed by atoms with Crippen LogP contribution in [0.25, 0.3) is 0 Å². The number of hydrogen-bond acceptors (Lipinski definition) is 5. The van der Waals surface area contributed by atoms with Crippen LogP contribution in [0.4, 0.5) is 5.69 Å². The topological polar surface area (TPSA) is 84.0 Å². The Morgan fingerprint density at radius 3 is 2.52 bits per heavy atom. The summed E-state index contributed by atoms with van der Waals surface area (Å²) in [5.74, 6) is -2.09. The monoisotopic (exact) mass is 392 g/mol. The first-order chi connectivity index (χ1) is 14.0. The number of carbonyl (C=O) groups is 4. The van der Waals surface area contributed by atoms with Gasteiger partial charge in [0.2, 0.25) is 5.91 Å². The summed E-state index contributed by atoms with van der Waals surface area (Å²) in [7, 11) is 0. The molecule has 0 bridgehead atoms. The number of rotatable bonds is 4. The zero-order valence-corrected chi connectivity index (χ0v) is 15.8. The molecule has 0 spiro atoms. The Labute approximate surface area is 167 Å². The number of imide groups is 1. The molecule has 29 heavy (non-hydrogen) atoms. The fraction of sp³-hybridized carbons (Fsp3) is 0.273. The SMILES string of the molecule is O=C(CN1C(=O)Cc2ccccc2C1=O)OCC(=O)N1CCCc2ccccc21. The molecule has 0 aromatic heterocycles. The Morgan fingerprint density at radius 1 is 0.966 bits per heavy atom. The van der Waals surface area contributed by atoms with Crippen molar-refractivity contribution in [1.82, 2.24) is 4.90 Å². The summed E-state index contributed by atoms with van der Waals surface area (Å²) in [5.41, 5.74) is 2.96. The number of amides is 3. The van der Waals surface area contributed by atoms with Crippen LogP contribution in [0.2, 0.25) is 0 Å². The molecule has 0 aliphatic carbocycles. The van der Waals surface area contributed by atoms with Gasteiger partial charge < -0.3 is 9.64 Å². The van der Waals surface area contributed by atoms with E-state index in [9.17, 15) is 19.2 Å². The maximum atomic E-state index is 12.6. The normalized spacial score (nSPS) is 15.6. The number of ether oxygens (including phenoxy) is 1. The van der Waals surface area contributed by atoms with Gasteiger partial charge in [-0.1, -0.05) is 36.4 Å². The molecular weight excluding hydrogens is 372 g/mol. The molecule has 7 heteroatoms. The molecule has 0 radical (unpaired) electrons. The first-order valence-electron chi connectivity index (χ1n) is 9.51. The summed E-state index contributed by atoms with van der Waals surface area (Å²) >= 11 is 0. The van der Waals surface area contributed by atoms with Crippen LogP contribution >= 0.6 is 0 Å². The van der Waals surface area contributed by atoms with Crippen molar-refractivity contribution in [3.8, 4) is 0 Å². The van der Waals surface area contributed by atoms with E-state index in [0.29, 0.717) is 17.7 Å². The lowest BCUT2D eigenvalue weighted by atomic mass is 9.98. The number of benzene rings is 2. The van der Waals surface area contributed by atoms with Gasteiger partial charge in [0.1, 0.15) is 6.54 Å². The summed E-state index contributed by atoms with van der Waals surface area (Å²) in [5, 5.41) is 0. The Morgan fingerprint density at radius 2 is 1.69 bits per heavy atom. The van der Waals surface area contributed by atoms with Crippen LogP contribution in [0.15, 0.2) is 48.5 Å². The molecule has 2 heterocycles. The molecule has 4 rings (SSSR count). The van der Waals surface area contributed by atoms with Crippen LogP contribution in [0.1, 0.15) is 27.9 Å². The van der Waals surface area contributed by atoms with Gasteiger partial charge in [0, 0.05) is 17.8 Å². The van der Waals surface area contributed by atoms with Gasteiger partial charge in [0.25, 0.3) is 11.8 Å². The van der Waals surface area contributed by atoms with Gasteiger partial charge in [-0.05, 0) is 36.1 Å². The molecule has 7 nitrogen and oxygen atoms in total. The van der Waals surface area contributed by atoms with Crippen LogP contribution < -0.4 is 4.90 Å². The molecule has 0 saturated heterocycles. The highest BCUT2D eigenvalue weighted by Gasteiger charge is 2.32. The second kappa shape index (κ2) is 7.87. The van der Waals surface area contributed by atoms with Gasteiger partial charge >= 0.3 is 5.97 Å². The zero-order chi connectivity index (χ0) is 20.4. The quantitative estimate of drug-likeness (QED) is 0.585. The van der Waals surface area contributed by atoms with Crippen molar-refractivity contribution >= 4 is 29.4 Å². The summed E-state index contributed by atoms with van der Waals surface area (Å²) in [6.45, 7) is -0.372. The van der Waals surface area contributed by atoms with E-state index in [-0.39, 0.29) is 12.3 Å². The maximum absolute atomic E-state index is 12.6. The second-order valence-corrected chi connectivity index (χ2v) is 7.06. The maximum Gasteiger partial charge on any atom is 0.326 e. The highest BCUT2D eigenvalue weighted by molar-refractivity contribution is 6.11. The van der Waals surface area contributed by atoms with Crippen molar-refractivity contribution in [3.05, 3.63) is 65.2 Å². The average Bonchev–Trinajstić information content (AvgIpc) is 2.74. The number of para-hydroxylation sites is 1. The number of esters is 1. The van der Waals surface area contributed by atoms with Gasteiger partial charge in [-0.25, -0.2) is 0 Å². The Balaban J connectivity index is 1.37. The van der Waals surface area contributed by atoms with E-state index in [4.69, 9.17) is 4.74 Å². The van der Waals surface area contributed by atoms with Crippen LogP contribution in [-0.2, 0) is 32.0 Å². The third-order valence-corrected chi connectivity index (χ3v) is 5.19. The Kier molecular flexibility index (Phi) is 5.12. The minimum Gasteiger partial charge on any atom is -0.454 e. The molecule has 2 aromatic carbocycles. The lowest BCUT2D eigenvalue weighted by molar-refractivity contribution is -0.150. The standard InChI is InChI=1S/C22H20N2O5/c25-19-12-16-7-1-3-9-17(16)22(28)24(19)13-21(27)29-14-20(26)23-11-5-8-15-6-2-4-10-18(15)23/h1-4,6-7,9-10H,5,8,11-14H2. The summed E-state index contributed by atoms with van der Waals surface area (Å²) in [6, 6.07) is 14.4. The third kappa shape index (κ3) is 3.76. The van der Waals surface area contributed by atoms with E-state index in [1.165, 1.54) is 0 Å². The molecule has 3 amide bonds. The molecular formula is C22H20N2O5. The molecule has 2 aliphatic heterocycles. The van der Waals surface area contributed by atoms with Gasteiger partial charge in [0.05, 0.1) is 6.42 Å². The van der Waals surface area contributed by atoms with Crippen molar-refractivity contribution in [1.29, 1.82) is 0 Å². The van der Waals surface area contributed by atoms with Crippen LogP contribution in [-0.4, -0.2) is 48.3 Å². The van der Waals surface area contributed by atoms with Gasteiger partial charge in [-0.15, -0.1) is 0 Å². The van der Waals surface area contributed by atoms with E-state index in [2.05, 4.69) is 0 Å². The fourth-order valence-corrected chi connectivity index (χ4v) is 3.75. The number of anilines is 1. The third-order valence-electron chi connectivity index (χ3n) is 5.19. The van der Waals surface area contributed by atoms with Crippen LogP contribution in [0, 0.1) is 0 Å². The van der Waals surface area contributed by atoms with E-state index in [1.807, 2.05) is 24.3 Å². The highest BCUT2D eigenvalue weighted by atomic mass is 16.5. The molecule has 0 saturated carbocycles. The van der Waals surface area contributed by atoms with E-state index < -0.39 is 30.9 Å².